The number of rotatable bonds is 19. The van der Waals surface area contributed by atoms with Gasteiger partial charge in [0.25, 0.3) is 0 Å². The Morgan fingerprint density at radius 1 is 0.137 bits per heavy atom. The highest BCUT2D eigenvalue weighted by Gasteiger charge is 2.46. The molecule has 0 atom stereocenters. The van der Waals surface area contributed by atoms with Crippen LogP contribution in [0.1, 0.15) is 0 Å². The standard InChI is InChI=1S/C126H86N10Si3/c1-11-39-87(40-12-1)91-80-121(131-111-62-34-31-59-105(111)107-84-102(72-76-113(107)131)137(93-43-15-3-16-44-93,94-45-17-4-18-46-94)95-47-19-5-20-48-95)129-122(81-91)132-112-63-35-32-60-106(112)108-85-103(73-77-114(108)132)139(99-55-27-9-28-56-99,100-57-29-10-30-58-100)101-70-67-89(68-71-101)90-69-75-110-119(79-90)134-120-86-104(138(96-49-21-6-22-50-96,97-51-23-7-24-52-97)98-53-25-8-26-54-98)74-78-118(120)136(126(134)128-110)124-83-92(88-41-13-2-14-42-88)82-123(130-124)135-117-66-38-37-65-116(117)133-115-64-36-33-61-109(115)127-125(133)135/h1-86H. The van der Waals surface area contributed by atoms with Crippen LogP contribution in [0.4, 0.5) is 0 Å². The molecule has 27 rings (SSSR count). The van der Waals surface area contributed by atoms with E-state index in [1.54, 1.807) is 0 Å². The molecular formula is C126H86N10Si3. The predicted octanol–water partition coefficient (Wildman–Crippen LogP) is 21.3. The Morgan fingerprint density at radius 2 is 0.403 bits per heavy atom. The molecule has 0 spiro atoms. The van der Waals surface area contributed by atoms with Crippen molar-refractivity contribution >= 4 is 186 Å². The first-order valence-electron chi connectivity index (χ1n) is 47.6. The number of hydrogen-bond acceptors (Lipinski definition) is 4. The van der Waals surface area contributed by atoms with Gasteiger partial charge in [-0.3, -0.25) is 27.1 Å². The number of aromatic nitrogens is 10. The Balaban J connectivity index is 0.635. The molecule has 0 aliphatic rings. The van der Waals surface area contributed by atoms with Crippen LogP contribution in [0.2, 0.25) is 0 Å². The van der Waals surface area contributed by atoms with Gasteiger partial charge in [0.15, 0.2) is 24.2 Å². The second kappa shape index (κ2) is 32.8. The molecule has 8 aromatic heterocycles. The van der Waals surface area contributed by atoms with Crippen molar-refractivity contribution in [1.82, 2.24) is 47.0 Å². The van der Waals surface area contributed by atoms with E-state index >= 15 is 0 Å². The molecule has 13 heteroatoms. The molecule has 0 N–H and O–H groups in total. The molecule has 10 nitrogen and oxygen atoms in total. The molecular weight excluding hydrogens is 1740 g/mol. The Hall–Kier alpha value is -17.7. The number of imidazole rings is 4. The van der Waals surface area contributed by atoms with Crippen molar-refractivity contribution in [2.24, 2.45) is 0 Å². The first-order chi connectivity index (χ1) is 68.9. The molecule has 27 aromatic rings. The number of fused-ring (bicyclic) bond motifs is 16. The van der Waals surface area contributed by atoms with Gasteiger partial charge in [-0.25, -0.2) is 19.9 Å². The van der Waals surface area contributed by atoms with Crippen LogP contribution in [0.5, 0.6) is 0 Å². The normalized spacial score (nSPS) is 12.2. The van der Waals surface area contributed by atoms with Crippen LogP contribution in [0.3, 0.4) is 0 Å². The summed E-state index contributed by atoms with van der Waals surface area (Å²) < 4.78 is 14.0. The van der Waals surface area contributed by atoms with Crippen molar-refractivity contribution in [1.29, 1.82) is 0 Å². The fourth-order valence-corrected chi connectivity index (χ4v) is 37.3. The summed E-state index contributed by atoms with van der Waals surface area (Å²) in [6, 6.07) is 194. The molecule has 0 saturated heterocycles. The fourth-order valence-electron chi connectivity index (χ4n) is 23.0. The van der Waals surface area contributed by atoms with Gasteiger partial charge in [-0.1, -0.05) is 425 Å². The SMILES string of the molecule is c1ccc(-c2cc(-n3c4ccccc4c4cc([Si](c5ccccc5)(c5ccccc5)c5ccccc5)ccc43)nc(-n3c4ccccc4c4cc([Si](c5ccccc5)(c5ccccc5)c5ccc(-c6ccc7nc8n(-c9cc(-c%10ccccc%10)cc(-n%10c%11ccccc%11n%11c%12ccccc%12nc%10%11)n9)c9ccc([Si](c%10ccccc%10)(c%10ccccc%10)c%10ccccc%10)cc9n8c7c6)cc5)ccc43)c2)cc1. The first-order valence-corrected chi connectivity index (χ1v) is 53.6. The molecule has 0 aliphatic carbocycles. The molecule has 0 amide bonds. The Morgan fingerprint density at radius 3 is 0.799 bits per heavy atom. The van der Waals surface area contributed by atoms with Gasteiger partial charge in [0.1, 0.15) is 23.3 Å². The second-order valence-corrected chi connectivity index (χ2v) is 47.8. The molecule has 139 heavy (non-hydrogen) atoms. The summed E-state index contributed by atoms with van der Waals surface area (Å²) in [4.78, 5) is 23.1. The minimum Gasteiger partial charge on any atom is -0.294 e. The molecule has 19 aromatic carbocycles. The van der Waals surface area contributed by atoms with Gasteiger partial charge in [-0.05, 0) is 193 Å². The molecule has 0 saturated carbocycles. The average Bonchev–Trinajstić information content (AvgIpc) is 1.55. The lowest BCUT2D eigenvalue weighted by Gasteiger charge is -2.34. The van der Waals surface area contributed by atoms with E-state index in [1.807, 2.05) is 0 Å². The second-order valence-electron chi connectivity index (χ2n) is 36.4. The summed E-state index contributed by atoms with van der Waals surface area (Å²) >= 11 is 0. The van der Waals surface area contributed by atoms with E-state index < -0.39 is 24.2 Å². The highest BCUT2D eigenvalue weighted by atomic mass is 28.3. The largest absolute Gasteiger partial charge is 0.294 e. The van der Waals surface area contributed by atoms with Crippen LogP contribution < -0.4 is 62.2 Å². The van der Waals surface area contributed by atoms with Gasteiger partial charge >= 0.3 is 0 Å². The van der Waals surface area contributed by atoms with Crippen LogP contribution in [-0.2, 0) is 0 Å². The van der Waals surface area contributed by atoms with Crippen molar-refractivity contribution in [3.05, 3.63) is 522 Å². The lowest BCUT2D eigenvalue weighted by Crippen LogP contribution is -2.74. The summed E-state index contributed by atoms with van der Waals surface area (Å²) in [7, 11) is -9.33. The maximum atomic E-state index is 5.98. The number of nitrogens with zero attached hydrogens (tertiary/aromatic N) is 10. The van der Waals surface area contributed by atoms with Crippen molar-refractivity contribution in [3.63, 3.8) is 0 Å². The molecule has 0 unspecified atom stereocenters. The monoisotopic (exact) mass is 1820 g/mol. The Bertz CT molecular complexity index is 9190. The summed E-state index contributed by atoms with van der Waals surface area (Å²) in [6.45, 7) is 0. The third-order valence-corrected chi connectivity index (χ3v) is 43.4. The predicted molar refractivity (Wildman–Crippen MR) is 584 cm³/mol. The highest BCUT2D eigenvalue weighted by Crippen LogP contribution is 2.41. The smallest absolute Gasteiger partial charge is 0.221 e. The third-order valence-electron chi connectivity index (χ3n) is 29.1. The summed E-state index contributed by atoms with van der Waals surface area (Å²) in [5.41, 5.74) is 18.5. The van der Waals surface area contributed by atoms with Crippen LogP contribution in [-0.4, -0.2) is 71.2 Å². The molecule has 0 fully saturated rings. The van der Waals surface area contributed by atoms with Gasteiger partial charge in [0.05, 0.1) is 66.2 Å². The minimum atomic E-state index is -3.28. The zero-order valence-electron chi connectivity index (χ0n) is 75.6. The maximum Gasteiger partial charge on any atom is 0.221 e. The lowest BCUT2D eigenvalue weighted by atomic mass is 10.1. The number of benzene rings is 19. The van der Waals surface area contributed by atoms with E-state index in [4.69, 9.17) is 19.9 Å². The van der Waals surface area contributed by atoms with E-state index in [1.165, 1.54) is 73.0 Å². The van der Waals surface area contributed by atoms with Gasteiger partial charge in [-0.2, -0.15) is 0 Å². The van der Waals surface area contributed by atoms with Crippen LogP contribution in [0, 0.1) is 0 Å². The van der Waals surface area contributed by atoms with Crippen molar-refractivity contribution in [2.45, 2.75) is 0 Å². The van der Waals surface area contributed by atoms with E-state index in [0.29, 0.717) is 0 Å². The Kier molecular flexibility index (Phi) is 19.1. The zero-order valence-corrected chi connectivity index (χ0v) is 78.6. The zero-order chi connectivity index (χ0) is 91.7. The molecule has 0 aliphatic heterocycles. The molecule has 0 radical (unpaired) electrons. The van der Waals surface area contributed by atoms with Gasteiger partial charge < -0.3 is 0 Å². The highest BCUT2D eigenvalue weighted by molar-refractivity contribution is 7.21. The van der Waals surface area contributed by atoms with Crippen LogP contribution >= 0.6 is 0 Å². The van der Waals surface area contributed by atoms with Gasteiger partial charge in [0, 0.05) is 21.5 Å². The number of pyridine rings is 2. The fraction of sp³-hybridized carbons (Fsp3) is 0. The van der Waals surface area contributed by atoms with E-state index in [9.17, 15) is 0 Å². The molecule has 0 bridgehead atoms. The van der Waals surface area contributed by atoms with Crippen molar-refractivity contribution in [3.8, 4) is 56.7 Å². The molecule has 8 heterocycles. The van der Waals surface area contributed by atoms with Crippen molar-refractivity contribution in [2.75, 3.05) is 0 Å². The van der Waals surface area contributed by atoms with E-state index in [-0.39, 0.29) is 0 Å². The summed E-state index contributed by atoms with van der Waals surface area (Å²) in [5, 5.41) is 20.1. The maximum absolute atomic E-state index is 5.98. The molecule has 652 valence electrons. The topological polar surface area (TPSA) is 80.1 Å². The van der Waals surface area contributed by atoms with Crippen molar-refractivity contribution < 1.29 is 0 Å². The van der Waals surface area contributed by atoms with E-state index in [2.05, 4.69) is 549 Å². The Labute approximate surface area is 805 Å². The van der Waals surface area contributed by atoms with Gasteiger partial charge in [0.2, 0.25) is 11.6 Å². The van der Waals surface area contributed by atoms with Crippen LogP contribution in [0.25, 0.3) is 156 Å². The quantitative estimate of drug-likeness (QED) is 0.0597. The number of hydrogen-bond donors (Lipinski definition) is 0. The van der Waals surface area contributed by atoms with Gasteiger partial charge in [-0.15, -0.1) is 0 Å². The first kappa shape index (κ1) is 80.9. The summed E-state index contributed by atoms with van der Waals surface area (Å²) in [6.07, 6.45) is 0. The van der Waals surface area contributed by atoms with E-state index in [0.717, 1.165) is 145 Å². The third kappa shape index (κ3) is 12.7. The average molecular weight is 1820 g/mol. The summed E-state index contributed by atoms with van der Waals surface area (Å²) in [5.74, 6) is 4.62. The minimum absolute atomic E-state index is 0.718. The number of para-hydroxylation sites is 6. The van der Waals surface area contributed by atoms with Crippen LogP contribution in [0.15, 0.2) is 522 Å². The lowest BCUT2D eigenvalue weighted by molar-refractivity contribution is 0.983.